The van der Waals surface area contributed by atoms with Crippen molar-refractivity contribution in [2.24, 2.45) is 11.8 Å². The van der Waals surface area contributed by atoms with Gasteiger partial charge in [0.2, 0.25) is 0 Å². The molecule has 0 bridgehead atoms. The molecule has 0 aliphatic heterocycles. The molecule has 1 aliphatic carbocycles. The van der Waals surface area contributed by atoms with Crippen molar-refractivity contribution >= 4 is 5.97 Å². The van der Waals surface area contributed by atoms with Crippen LogP contribution in [-0.4, -0.2) is 17.7 Å². The van der Waals surface area contributed by atoms with Crippen molar-refractivity contribution in [3.05, 3.63) is 41.5 Å². The van der Waals surface area contributed by atoms with Gasteiger partial charge in [0.1, 0.15) is 12.4 Å². The highest BCUT2D eigenvalue weighted by atomic mass is 16.5. The van der Waals surface area contributed by atoms with Crippen molar-refractivity contribution in [1.29, 1.82) is 0 Å². The Morgan fingerprint density at radius 3 is 2.62 bits per heavy atom. The minimum absolute atomic E-state index is 0.367. The van der Waals surface area contributed by atoms with E-state index < -0.39 is 5.97 Å². The fraction of sp³-hybridized carbons (Fsp3) is 0.609. The number of benzene rings is 1. The van der Waals surface area contributed by atoms with Crippen molar-refractivity contribution in [2.45, 2.75) is 71.6 Å². The van der Waals surface area contributed by atoms with Gasteiger partial charge in [-0.05, 0) is 67.7 Å². The van der Waals surface area contributed by atoms with Crippen LogP contribution in [0, 0.1) is 11.8 Å². The van der Waals surface area contributed by atoms with Crippen LogP contribution < -0.4 is 4.74 Å². The monoisotopic (exact) mass is 358 g/mol. The maximum atomic E-state index is 11.2. The van der Waals surface area contributed by atoms with E-state index in [0.29, 0.717) is 24.5 Å². The third-order valence-corrected chi connectivity index (χ3v) is 5.55. The zero-order valence-corrected chi connectivity index (χ0v) is 16.4. The van der Waals surface area contributed by atoms with Crippen molar-refractivity contribution in [1.82, 2.24) is 0 Å². The molecule has 0 amide bonds. The van der Waals surface area contributed by atoms with Gasteiger partial charge in [-0.1, -0.05) is 51.7 Å². The van der Waals surface area contributed by atoms with Crippen LogP contribution in [0.5, 0.6) is 5.75 Å². The van der Waals surface area contributed by atoms with Crippen molar-refractivity contribution < 1.29 is 14.6 Å². The van der Waals surface area contributed by atoms with Gasteiger partial charge in [0, 0.05) is 0 Å². The summed E-state index contributed by atoms with van der Waals surface area (Å²) in [5, 5.41) is 9.17. The van der Waals surface area contributed by atoms with Gasteiger partial charge in [-0.25, -0.2) is 4.79 Å². The summed E-state index contributed by atoms with van der Waals surface area (Å²) in [6, 6.07) is 5.23. The van der Waals surface area contributed by atoms with Crippen LogP contribution in [0.15, 0.2) is 30.4 Å². The zero-order valence-electron chi connectivity index (χ0n) is 16.4. The predicted molar refractivity (Wildman–Crippen MR) is 107 cm³/mol. The van der Waals surface area contributed by atoms with Crippen LogP contribution in [0.25, 0.3) is 0 Å². The Kier molecular flexibility index (Phi) is 8.73. The highest BCUT2D eigenvalue weighted by molar-refractivity contribution is 5.89. The van der Waals surface area contributed by atoms with Crippen molar-refractivity contribution in [3.63, 3.8) is 0 Å². The number of carboxylic acid groups (broad SMARTS) is 1. The average molecular weight is 359 g/mol. The number of carboxylic acids is 1. The molecule has 26 heavy (non-hydrogen) atoms. The molecule has 0 heterocycles. The summed E-state index contributed by atoms with van der Waals surface area (Å²) in [4.78, 5) is 11.2. The summed E-state index contributed by atoms with van der Waals surface area (Å²) in [7, 11) is 0. The number of hydrogen-bond acceptors (Lipinski definition) is 2. The van der Waals surface area contributed by atoms with Gasteiger partial charge >= 0.3 is 5.97 Å². The molecule has 1 N–H and O–H groups in total. The molecule has 1 aliphatic rings. The van der Waals surface area contributed by atoms with Gasteiger partial charge in [0.15, 0.2) is 0 Å². The van der Waals surface area contributed by atoms with Gasteiger partial charge in [-0.3, -0.25) is 0 Å². The number of aromatic carboxylic acids is 1. The summed E-state index contributed by atoms with van der Waals surface area (Å²) in [5.74, 6) is 1.51. The van der Waals surface area contributed by atoms with E-state index in [-0.39, 0.29) is 0 Å². The number of rotatable bonds is 10. The number of ether oxygens (including phenoxy) is 1. The molecule has 0 saturated heterocycles. The Hall–Kier alpha value is -1.77. The van der Waals surface area contributed by atoms with Gasteiger partial charge in [0.05, 0.1) is 5.56 Å². The predicted octanol–water partition coefficient (Wildman–Crippen LogP) is 6.27. The van der Waals surface area contributed by atoms with Gasteiger partial charge < -0.3 is 9.84 Å². The third kappa shape index (κ3) is 6.51. The topological polar surface area (TPSA) is 46.5 Å². The molecular weight excluding hydrogens is 324 g/mol. The summed E-state index contributed by atoms with van der Waals surface area (Å²) in [6.07, 6.45) is 16.0. The second kappa shape index (κ2) is 11.1. The first-order valence-electron chi connectivity index (χ1n) is 10.3. The second-order valence-electron chi connectivity index (χ2n) is 7.49. The highest BCUT2D eigenvalue weighted by Gasteiger charge is 2.18. The van der Waals surface area contributed by atoms with E-state index in [4.69, 9.17) is 4.74 Å². The molecule has 0 spiro atoms. The van der Waals surface area contributed by atoms with Crippen LogP contribution >= 0.6 is 0 Å². The Bertz CT molecular complexity index is 583. The molecule has 1 saturated carbocycles. The highest BCUT2D eigenvalue weighted by Crippen LogP contribution is 2.32. The Balaban J connectivity index is 1.72. The number of hydrogen-bond donors (Lipinski definition) is 1. The summed E-state index contributed by atoms with van der Waals surface area (Å²) < 4.78 is 5.78. The maximum Gasteiger partial charge on any atom is 0.335 e. The quantitative estimate of drug-likeness (QED) is 0.396. The van der Waals surface area contributed by atoms with Crippen LogP contribution in [0.4, 0.5) is 0 Å². The summed E-state index contributed by atoms with van der Waals surface area (Å²) >= 11 is 0. The fourth-order valence-electron chi connectivity index (χ4n) is 3.91. The smallest absolute Gasteiger partial charge is 0.335 e. The minimum Gasteiger partial charge on any atom is -0.490 e. The lowest BCUT2D eigenvalue weighted by Crippen LogP contribution is -2.13. The van der Waals surface area contributed by atoms with Crippen LogP contribution in [0.1, 0.15) is 81.1 Å². The van der Waals surface area contributed by atoms with E-state index in [9.17, 15) is 9.90 Å². The number of allylic oxidation sites excluding steroid dienone is 1. The minimum atomic E-state index is -0.876. The second-order valence-corrected chi connectivity index (χ2v) is 7.49. The van der Waals surface area contributed by atoms with E-state index >= 15 is 0 Å². The zero-order chi connectivity index (χ0) is 18.8. The molecule has 0 radical (unpaired) electrons. The van der Waals surface area contributed by atoms with E-state index in [0.717, 1.165) is 17.2 Å². The van der Waals surface area contributed by atoms with E-state index in [2.05, 4.69) is 19.1 Å². The number of carbonyl (C=O) groups is 1. The molecule has 2 rings (SSSR count). The fourth-order valence-corrected chi connectivity index (χ4v) is 3.91. The Morgan fingerprint density at radius 2 is 1.96 bits per heavy atom. The van der Waals surface area contributed by atoms with E-state index in [1.807, 2.05) is 13.0 Å². The normalized spacial score (nSPS) is 20.4. The molecule has 144 valence electrons. The molecule has 3 nitrogen and oxygen atoms in total. The maximum absolute atomic E-state index is 11.2. The largest absolute Gasteiger partial charge is 0.490 e. The average Bonchev–Trinajstić information content (AvgIpc) is 2.66. The Morgan fingerprint density at radius 1 is 1.19 bits per heavy atom. The Labute approximate surface area is 158 Å². The van der Waals surface area contributed by atoms with Crippen molar-refractivity contribution in [3.8, 4) is 5.75 Å². The van der Waals surface area contributed by atoms with Crippen molar-refractivity contribution in [2.75, 3.05) is 6.61 Å². The third-order valence-electron chi connectivity index (χ3n) is 5.55. The SMILES string of the molecule is CCCCCC1CCC(/C=C/COc2ccc(C(=O)O)c(CC)c2)CC1. The lowest BCUT2D eigenvalue weighted by atomic mass is 9.79. The van der Waals surface area contributed by atoms with Gasteiger partial charge in [0.25, 0.3) is 0 Å². The molecule has 1 fully saturated rings. The number of unbranched alkanes of at least 4 members (excludes halogenated alkanes) is 2. The van der Waals surface area contributed by atoms with Gasteiger partial charge in [-0.15, -0.1) is 0 Å². The first-order valence-corrected chi connectivity index (χ1v) is 10.3. The van der Waals surface area contributed by atoms with Crippen LogP contribution in [-0.2, 0) is 6.42 Å². The van der Waals surface area contributed by atoms with Crippen LogP contribution in [0.3, 0.4) is 0 Å². The first kappa shape index (κ1) is 20.5. The van der Waals surface area contributed by atoms with Crippen LogP contribution in [0.2, 0.25) is 0 Å². The lowest BCUT2D eigenvalue weighted by molar-refractivity contribution is 0.0695. The summed E-state index contributed by atoms with van der Waals surface area (Å²) in [5.41, 5.74) is 1.19. The molecule has 1 aromatic carbocycles. The standard InChI is InChI=1S/C23H34O3/c1-3-5-6-8-18-10-12-19(13-11-18)9-7-16-26-21-14-15-22(23(24)25)20(4-2)17-21/h7,9,14-15,17-19H,3-6,8,10-13,16H2,1-2H3,(H,24,25)/b9-7+. The molecular formula is C23H34O3. The summed E-state index contributed by atoms with van der Waals surface area (Å²) in [6.45, 7) is 4.78. The number of aryl methyl sites for hydroxylation is 1. The molecule has 0 aromatic heterocycles. The van der Waals surface area contributed by atoms with Gasteiger partial charge in [-0.2, -0.15) is 0 Å². The first-order chi connectivity index (χ1) is 12.6. The molecule has 0 unspecified atom stereocenters. The lowest BCUT2D eigenvalue weighted by Gasteiger charge is -2.26. The molecule has 0 atom stereocenters. The molecule has 1 aromatic rings. The van der Waals surface area contributed by atoms with E-state index in [1.165, 1.54) is 51.4 Å². The molecule has 3 heteroatoms. The van der Waals surface area contributed by atoms with E-state index in [1.54, 1.807) is 12.1 Å².